The van der Waals surface area contributed by atoms with Gasteiger partial charge in [0.1, 0.15) is 17.7 Å². The summed E-state index contributed by atoms with van der Waals surface area (Å²) < 4.78 is 44.2. The first-order chi connectivity index (χ1) is 14.0. The lowest BCUT2D eigenvalue weighted by atomic mass is 10.1. The Kier molecular flexibility index (Phi) is 7.02. The molecule has 0 bridgehead atoms. The Morgan fingerprint density at radius 3 is 2.40 bits per heavy atom. The summed E-state index contributed by atoms with van der Waals surface area (Å²) in [6.45, 7) is 1.34. The molecule has 1 aliphatic rings. The molecular formula is C19H18Cl3FN2O4S. The van der Waals surface area contributed by atoms with Crippen LogP contribution in [0.3, 0.4) is 0 Å². The molecular weight excluding hydrogens is 478 g/mol. The number of hydrogen-bond acceptors (Lipinski definition) is 5. The Morgan fingerprint density at radius 2 is 1.80 bits per heavy atom. The average molecular weight is 496 g/mol. The van der Waals surface area contributed by atoms with E-state index in [1.807, 2.05) is 6.07 Å². The van der Waals surface area contributed by atoms with Crippen molar-refractivity contribution in [2.24, 2.45) is 0 Å². The summed E-state index contributed by atoms with van der Waals surface area (Å²) in [4.78, 5) is 14.0. The Hall–Kier alpha value is -1.74. The van der Waals surface area contributed by atoms with Crippen molar-refractivity contribution in [2.75, 3.05) is 24.2 Å². The van der Waals surface area contributed by atoms with Gasteiger partial charge in [0.15, 0.2) is 0 Å². The van der Waals surface area contributed by atoms with Crippen molar-refractivity contribution in [2.45, 2.75) is 18.9 Å². The Labute approximate surface area is 188 Å². The van der Waals surface area contributed by atoms with E-state index in [1.54, 1.807) is 16.9 Å². The van der Waals surface area contributed by atoms with Crippen LogP contribution in [-0.2, 0) is 10.0 Å². The molecule has 0 aliphatic carbocycles. The summed E-state index contributed by atoms with van der Waals surface area (Å²) in [6.07, 6.45) is 1.88. The van der Waals surface area contributed by atoms with Crippen LogP contribution in [0.5, 0.6) is 5.75 Å². The Morgan fingerprint density at radius 1 is 1.13 bits per heavy atom. The number of halogens is 4. The minimum Gasteiger partial charge on any atom is -0.489 e. The van der Waals surface area contributed by atoms with E-state index in [9.17, 15) is 17.6 Å². The highest BCUT2D eigenvalue weighted by Crippen LogP contribution is 2.33. The standard InChI is InChI=1S/C19H18Cl3FN2O4S/c1-30(27,28)24-19(26)13-9-15(22)18(10-16(13)23)29-12-4-6-25(7-5-12)17-3-2-11(20)8-14(17)21/h2-3,8-10,12H,4-7H2,1H3,(H,24,26). The molecule has 6 nitrogen and oxygen atoms in total. The van der Waals surface area contributed by atoms with Gasteiger partial charge in [-0.3, -0.25) is 4.79 Å². The zero-order valence-corrected chi connectivity index (χ0v) is 18.9. The van der Waals surface area contributed by atoms with Crippen molar-refractivity contribution in [1.29, 1.82) is 0 Å². The Balaban J connectivity index is 1.66. The fourth-order valence-corrected chi connectivity index (χ4v) is 4.33. The van der Waals surface area contributed by atoms with E-state index >= 15 is 0 Å². The van der Waals surface area contributed by atoms with Gasteiger partial charge in [-0.25, -0.2) is 17.5 Å². The quantitative estimate of drug-likeness (QED) is 0.660. The third-order valence-corrected chi connectivity index (χ3v) is 5.92. The van der Waals surface area contributed by atoms with E-state index in [2.05, 4.69) is 4.90 Å². The van der Waals surface area contributed by atoms with Crippen LogP contribution in [0.15, 0.2) is 30.3 Å². The first-order valence-electron chi connectivity index (χ1n) is 8.91. The minimum absolute atomic E-state index is 0.0122. The number of carbonyl (C=O) groups is 1. The molecule has 2 aromatic carbocycles. The maximum Gasteiger partial charge on any atom is 0.267 e. The molecule has 1 aliphatic heterocycles. The highest BCUT2D eigenvalue weighted by atomic mass is 35.5. The zero-order chi connectivity index (χ0) is 22.1. The van der Waals surface area contributed by atoms with Crippen molar-refractivity contribution in [3.63, 3.8) is 0 Å². The van der Waals surface area contributed by atoms with Gasteiger partial charge in [-0.2, -0.15) is 0 Å². The van der Waals surface area contributed by atoms with E-state index in [1.165, 1.54) is 0 Å². The molecule has 30 heavy (non-hydrogen) atoms. The van der Waals surface area contributed by atoms with Gasteiger partial charge in [0.25, 0.3) is 5.91 Å². The van der Waals surface area contributed by atoms with Crippen molar-refractivity contribution in [1.82, 2.24) is 4.72 Å². The van der Waals surface area contributed by atoms with E-state index in [0.29, 0.717) is 36.0 Å². The summed E-state index contributed by atoms with van der Waals surface area (Å²) in [5, 5.41) is 1.14. The normalized spacial score (nSPS) is 15.2. The second kappa shape index (κ2) is 9.18. The summed E-state index contributed by atoms with van der Waals surface area (Å²) in [5.74, 6) is -1.94. The number of rotatable bonds is 5. The molecule has 11 heteroatoms. The van der Waals surface area contributed by atoms with Gasteiger partial charge < -0.3 is 9.64 Å². The predicted molar refractivity (Wildman–Crippen MR) is 116 cm³/mol. The van der Waals surface area contributed by atoms with Crippen LogP contribution in [0.2, 0.25) is 15.1 Å². The van der Waals surface area contributed by atoms with Crippen LogP contribution >= 0.6 is 34.8 Å². The second-order valence-electron chi connectivity index (χ2n) is 6.87. The summed E-state index contributed by atoms with van der Waals surface area (Å²) in [7, 11) is -3.83. The van der Waals surface area contributed by atoms with Crippen LogP contribution in [-0.4, -0.2) is 39.8 Å². The second-order valence-corrected chi connectivity index (χ2v) is 9.87. The number of carbonyl (C=O) groups excluding carboxylic acids is 1. The molecule has 1 N–H and O–H groups in total. The van der Waals surface area contributed by atoms with E-state index in [0.717, 1.165) is 24.1 Å². The number of nitrogens with zero attached hydrogens (tertiary/aromatic N) is 1. The molecule has 0 saturated carbocycles. The van der Waals surface area contributed by atoms with Gasteiger partial charge in [-0.1, -0.05) is 34.8 Å². The van der Waals surface area contributed by atoms with Gasteiger partial charge in [-0.05, 0) is 24.3 Å². The zero-order valence-electron chi connectivity index (χ0n) is 15.8. The molecule has 0 aromatic heterocycles. The van der Waals surface area contributed by atoms with Crippen LogP contribution in [0.25, 0.3) is 0 Å². The van der Waals surface area contributed by atoms with Gasteiger partial charge >= 0.3 is 0 Å². The fraction of sp³-hybridized carbons (Fsp3) is 0.316. The van der Waals surface area contributed by atoms with Crippen LogP contribution in [0.4, 0.5) is 10.1 Å². The SMILES string of the molecule is CS(=O)(=O)NC(=O)c1cc(Cl)c(OC2CCN(c3ccc(Cl)cc3Cl)CC2)cc1F. The molecule has 162 valence electrons. The van der Waals surface area contributed by atoms with Crippen LogP contribution in [0.1, 0.15) is 23.2 Å². The number of anilines is 1. The molecule has 1 fully saturated rings. The number of hydrogen-bond donors (Lipinski definition) is 1. The third-order valence-electron chi connectivity index (χ3n) is 4.53. The van der Waals surface area contributed by atoms with Crippen molar-refractivity contribution in [3.8, 4) is 5.75 Å². The van der Waals surface area contributed by atoms with E-state index in [4.69, 9.17) is 39.5 Å². The van der Waals surface area contributed by atoms with Gasteiger partial charge in [0, 0.05) is 37.0 Å². The fourth-order valence-electron chi connectivity index (χ4n) is 3.15. The van der Waals surface area contributed by atoms with Crippen molar-refractivity contribution >= 4 is 56.4 Å². The van der Waals surface area contributed by atoms with E-state index < -0.39 is 27.3 Å². The van der Waals surface area contributed by atoms with Crippen molar-refractivity contribution in [3.05, 3.63) is 56.8 Å². The van der Waals surface area contributed by atoms with Crippen molar-refractivity contribution < 1.29 is 22.3 Å². The molecule has 0 spiro atoms. The highest BCUT2D eigenvalue weighted by molar-refractivity contribution is 7.89. The number of piperidine rings is 1. The molecule has 1 amide bonds. The average Bonchev–Trinajstić information content (AvgIpc) is 2.64. The van der Waals surface area contributed by atoms with Gasteiger partial charge in [0.2, 0.25) is 10.0 Å². The summed E-state index contributed by atoms with van der Waals surface area (Å²) in [5.41, 5.74) is 0.398. The number of benzene rings is 2. The van der Waals surface area contributed by atoms with E-state index in [-0.39, 0.29) is 16.9 Å². The molecule has 0 radical (unpaired) electrons. The summed E-state index contributed by atoms with van der Waals surface area (Å²) in [6, 6.07) is 7.36. The molecule has 2 aromatic rings. The van der Waals surface area contributed by atoms with Crippen LogP contribution < -0.4 is 14.4 Å². The predicted octanol–water partition coefficient (Wildman–Crippen LogP) is 4.52. The molecule has 0 unspecified atom stereocenters. The topological polar surface area (TPSA) is 75.7 Å². The van der Waals surface area contributed by atoms with Crippen LogP contribution in [0, 0.1) is 5.82 Å². The number of sulfonamides is 1. The first kappa shape index (κ1) is 22.9. The third kappa shape index (κ3) is 5.69. The molecule has 1 saturated heterocycles. The lowest BCUT2D eigenvalue weighted by Crippen LogP contribution is -2.38. The number of nitrogens with one attached hydrogen (secondary N) is 1. The largest absolute Gasteiger partial charge is 0.489 e. The monoisotopic (exact) mass is 494 g/mol. The molecule has 3 rings (SSSR count). The highest BCUT2D eigenvalue weighted by Gasteiger charge is 2.24. The van der Waals surface area contributed by atoms with Gasteiger partial charge in [0.05, 0.1) is 27.6 Å². The van der Waals surface area contributed by atoms with Gasteiger partial charge in [-0.15, -0.1) is 0 Å². The smallest absolute Gasteiger partial charge is 0.267 e. The summed E-state index contributed by atoms with van der Waals surface area (Å²) >= 11 is 18.3. The molecule has 0 atom stereocenters. The minimum atomic E-state index is -3.83. The maximum absolute atomic E-state index is 14.3. The number of ether oxygens (including phenoxy) is 1. The first-order valence-corrected chi connectivity index (χ1v) is 11.9. The molecule has 1 heterocycles. The Bertz CT molecular complexity index is 1070. The lowest BCUT2D eigenvalue weighted by Gasteiger charge is -2.34. The maximum atomic E-state index is 14.3. The number of amides is 1. The lowest BCUT2D eigenvalue weighted by molar-refractivity contribution is 0.0977.